The second-order valence-corrected chi connectivity index (χ2v) is 4.03. The van der Waals surface area contributed by atoms with E-state index in [9.17, 15) is 0 Å². The second-order valence-electron chi connectivity index (χ2n) is 4.03. The molecule has 0 radical (unpaired) electrons. The van der Waals surface area contributed by atoms with Crippen molar-refractivity contribution in [3.05, 3.63) is 0 Å². The van der Waals surface area contributed by atoms with Crippen molar-refractivity contribution in [2.45, 2.75) is 39.2 Å². The lowest BCUT2D eigenvalue weighted by molar-refractivity contribution is -0.00993. The van der Waals surface area contributed by atoms with E-state index in [4.69, 9.17) is 9.47 Å². The van der Waals surface area contributed by atoms with Gasteiger partial charge in [0, 0.05) is 20.3 Å². The van der Waals surface area contributed by atoms with Crippen LogP contribution in [0.2, 0.25) is 0 Å². The SMILES string of the molecule is CCNCCCOCCC(C)(C)OC. The summed E-state index contributed by atoms with van der Waals surface area (Å²) < 4.78 is 10.8. The molecule has 1 N–H and O–H groups in total. The first-order chi connectivity index (χ1) is 6.62. The Hall–Kier alpha value is -0.120. The Morgan fingerprint density at radius 1 is 1.21 bits per heavy atom. The maximum absolute atomic E-state index is 5.50. The van der Waals surface area contributed by atoms with Gasteiger partial charge in [0.25, 0.3) is 0 Å². The fourth-order valence-corrected chi connectivity index (χ4v) is 0.998. The van der Waals surface area contributed by atoms with E-state index in [1.807, 2.05) is 0 Å². The van der Waals surface area contributed by atoms with Crippen LogP contribution >= 0.6 is 0 Å². The molecule has 0 aliphatic rings. The third-order valence-corrected chi connectivity index (χ3v) is 2.29. The Kier molecular flexibility index (Phi) is 8.14. The second kappa shape index (κ2) is 8.21. The fourth-order valence-electron chi connectivity index (χ4n) is 0.998. The molecule has 86 valence electrons. The summed E-state index contributed by atoms with van der Waals surface area (Å²) in [4.78, 5) is 0. The van der Waals surface area contributed by atoms with Gasteiger partial charge in [0.05, 0.1) is 5.60 Å². The highest BCUT2D eigenvalue weighted by atomic mass is 16.5. The lowest BCUT2D eigenvalue weighted by Gasteiger charge is -2.22. The molecule has 0 aliphatic carbocycles. The van der Waals surface area contributed by atoms with E-state index in [1.165, 1.54) is 0 Å². The van der Waals surface area contributed by atoms with Gasteiger partial charge in [-0.2, -0.15) is 0 Å². The van der Waals surface area contributed by atoms with Crippen LogP contribution in [0.4, 0.5) is 0 Å². The highest BCUT2D eigenvalue weighted by Crippen LogP contribution is 2.12. The quantitative estimate of drug-likeness (QED) is 0.580. The zero-order valence-electron chi connectivity index (χ0n) is 10.1. The molecule has 0 aromatic rings. The van der Waals surface area contributed by atoms with Gasteiger partial charge < -0.3 is 14.8 Å². The van der Waals surface area contributed by atoms with Crippen molar-refractivity contribution in [1.29, 1.82) is 0 Å². The molecule has 0 amide bonds. The summed E-state index contributed by atoms with van der Waals surface area (Å²) in [5.41, 5.74) is -0.0539. The van der Waals surface area contributed by atoms with Crippen LogP contribution in [0.5, 0.6) is 0 Å². The van der Waals surface area contributed by atoms with Crippen LogP contribution in [0.3, 0.4) is 0 Å². The Morgan fingerprint density at radius 3 is 2.50 bits per heavy atom. The molecule has 0 fully saturated rings. The van der Waals surface area contributed by atoms with Crippen molar-refractivity contribution in [2.24, 2.45) is 0 Å². The van der Waals surface area contributed by atoms with E-state index in [-0.39, 0.29) is 5.60 Å². The summed E-state index contributed by atoms with van der Waals surface area (Å²) in [6.45, 7) is 9.98. The molecule has 0 unspecified atom stereocenters. The van der Waals surface area contributed by atoms with E-state index in [1.54, 1.807) is 7.11 Å². The van der Waals surface area contributed by atoms with Gasteiger partial charge in [0.2, 0.25) is 0 Å². The summed E-state index contributed by atoms with van der Waals surface area (Å²) in [5.74, 6) is 0. The fraction of sp³-hybridized carbons (Fsp3) is 1.00. The van der Waals surface area contributed by atoms with E-state index < -0.39 is 0 Å². The number of rotatable bonds is 9. The van der Waals surface area contributed by atoms with Gasteiger partial charge in [0.15, 0.2) is 0 Å². The van der Waals surface area contributed by atoms with Gasteiger partial charge in [-0.05, 0) is 39.8 Å². The van der Waals surface area contributed by atoms with Crippen LogP contribution in [0.25, 0.3) is 0 Å². The molecule has 14 heavy (non-hydrogen) atoms. The minimum absolute atomic E-state index is 0.0539. The Bertz CT molecular complexity index is 126. The van der Waals surface area contributed by atoms with Crippen molar-refractivity contribution in [2.75, 3.05) is 33.4 Å². The zero-order chi connectivity index (χ0) is 10.9. The molecule has 3 heteroatoms. The van der Waals surface area contributed by atoms with Gasteiger partial charge in [-0.25, -0.2) is 0 Å². The van der Waals surface area contributed by atoms with Crippen molar-refractivity contribution < 1.29 is 9.47 Å². The number of ether oxygens (including phenoxy) is 2. The van der Waals surface area contributed by atoms with Crippen molar-refractivity contribution in [3.63, 3.8) is 0 Å². The smallest absolute Gasteiger partial charge is 0.0644 e. The maximum atomic E-state index is 5.50. The van der Waals surface area contributed by atoms with Crippen LogP contribution < -0.4 is 5.32 Å². The lowest BCUT2D eigenvalue weighted by Crippen LogP contribution is -2.24. The first kappa shape index (κ1) is 13.9. The zero-order valence-corrected chi connectivity index (χ0v) is 10.1. The predicted octanol–water partition coefficient (Wildman–Crippen LogP) is 1.82. The largest absolute Gasteiger partial charge is 0.381 e. The standard InChI is InChI=1S/C11H25NO2/c1-5-12-8-6-9-14-10-7-11(2,3)13-4/h12H,5-10H2,1-4H3. The molecule has 0 spiro atoms. The third kappa shape index (κ3) is 8.48. The molecule has 3 nitrogen and oxygen atoms in total. The Morgan fingerprint density at radius 2 is 1.93 bits per heavy atom. The van der Waals surface area contributed by atoms with Crippen molar-refractivity contribution in [1.82, 2.24) is 5.32 Å². The van der Waals surface area contributed by atoms with E-state index in [0.717, 1.165) is 39.1 Å². The minimum atomic E-state index is -0.0539. The summed E-state index contributed by atoms with van der Waals surface area (Å²) in [6, 6.07) is 0. The molecule has 0 rings (SSSR count). The van der Waals surface area contributed by atoms with E-state index in [2.05, 4.69) is 26.1 Å². The molecule has 0 aliphatic heterocycles. The highest BCUT2D eigenvalue weighted by molar-refractivity contribution is 4.66. The topological polar surface area (TPSA) is 30.5 Å². The molecule has 0 atom stereocenters. The van der Waals surface area contributed by atoms with Crippen LogP contribution in [-0.2, 0) is 9.47 Å². The van der Waals surface area contributed by atoms with Crippen LogP contribution in [0, 0.1) is 0 Å². The average Bonchev–Trinajstić information content (AvgIpc) is 2.16. The summed E-state index contributed by atoms with van der Waals surface area (Å²) in [7, 11) is 1.74. The van der Waals surface area contributed by atoms with Crippen molar-refractivity contribution in [3.8, 4) is 0 Å². The van der Waals surface area contributed by atoms with E-state index in [0.29, 0.717) is 0 Å². The van der Waals surface area contributed by atoms with Crippen LogP contribution in [0.1, 0.15) is 33.6 Å². The van der Waals surface area contributed by atoms with Gasteiger partial charge in [0.1, 0.15) is 0 Å². The molecule has 0 heterocycles. The first-order valence-electron chi connectivity index (χ1n) is 5.46. The van der Waals surface area contributed by atoms with Crippen LogP contribution in [0.15, 0.2) is 0 Å². The molecule has 0 bridgehead atoms. The third-order valence-electron chi connectivity index (χ3n) is 2.29. The van der Waals surface area contributed by atoms with Gasteiger partial charge in [-0.15, -0.1) is 0 Å². The monoisotopic (exact) mass is 203 g/mol. The molecule has 0 aromatic heterocycles. The van der Waals surface area contributed by atoms with Crippen molar-refractivity contribution >= 4 is 0 Å². The molecule has 0 saturated heterocycles. The van der Waals surface area contributed by atoms with E-state index >= 15 is 0 Å². The number of nitrogens with one attached hydrogen (secondary N) is 1. The minimum Gasteiger partial charge on any atom is -0.381 e. The Labute approximate surface area is 88.2 Å². The Balaban J connectivity index is 3.13. The van der Waals surface area contributed by atoms with Gasteiger partial charge in [-0.1, -0.05) is 6.92 Å². The van der Waals surface area contributed by atoms with Crippen LogP contribution in [-0.4, -0.2) is 39.0 Å². The summed E-state index contributed by atoms with van der Waals surface area (Å²) >= 11 is 0. The lowest BCUT2D eigenvalue weighted by atomic mass is 10.1. The molecular weight excluding hydrogens is 178 g/mol. The molecule has 0 aromatic carbocycles. The molecular formula is C11H25NO2. The van der Waals surface area contributed by atoms with Gasteiger partial charge in [-0.3, -0.25) is 0 Å². The number of hydrogen-bond acceptors (Lipinski definition) is 3. The summed E-state index contributed by atoms with van der Waals surface area (Å²) in [5, 5.41) is 3.26. The highest BCUT2D eigenvalue weighted by Gasteiger charge is 2.15. The predicted molar refractivity (Wildman–Crippen MR) is 59.7 cm³/mol. The average molecular weight is 203 g/mol. The maximum Gasteiger partial charge on any atom is 0.0644 e. The first-order valence-corrected chi connectivity index (χ1v) is 5.46. The number of hydrogen-bond donors (Lipinski definition) is 1. The summed E-state index contributed by atoms with van der Waals surface area (Å²) in [6.07, 6.45) is 2.03. The molecule has 0 saturated carbocycles. The van der Waals surface area contributed by atoms with Gasteiger partial charge >= 0.3 is 0 Å². The normalized spacial score (nSPS) is 12.0. The number of methoxy groups -OCH3 is 1.